The van der Waals surface area contributed by atoms with E-state index in [9.17, 15) is 14.3 Å². The zero-order valence-electron chi connectivity index (χ0n) is 10.9. The Balaban J connectivity index is 1.68. The summed E-state index contributed by atoms with van der Waals surface area (Å²) in [6.45, 7) is 2.46. The molecular formula is C12H16FN3O4. The summed E-state index contributed by atoms with van der Waals surface area (Å²) in [5.74, 6) is 0.192. The number of nitrogens with zero attached hydrogens (tertiary/aromatic N) is 3. The lowest BCUT2D eigenvalue weighted by Crippen LogP contribution is -2.36. The van der Waals surface area contributed by atoms with Crippen molar-refractivity contribution in [3.63, 3.8) is 0 Å². The highest BCUT2D eigenvalue weighted by Crippen LogP contribution is 2.20. The smallest absolute Gasteiger partial charge is 0.292 e. The second kappa shape index (κ2) is 5.37. The fourth-order valence-electron chi connectivity index (χ4n) is 2.38. The normalized spacial score (nSPS) is 27.1. The van der Waals surface area contributed by atoms with E-state index in [1.807, 2.05) is 4.90 Å². The maximum Gasteiger partial charge on any atom is 0.292 e. The molecule has 0 saturated carbocycles. The van der Waals surface area contributed by atoms with Gasteiger partial charge in [0.2, 0.25) is 5.76 Å². The molecule has 0 bridgehead atoms. The molecule has 2 fully saturated rings. The van der Waals surface area contributed by atoms with Crippen LogP contribution in [-0.4, -0.2) is 72.7 Å². The number of hydrogen-bond acceptors (Lipinski definition) is 6. The Morgan fingerprint density at radius 2 is 2.15 bits per heavy atom. The minimum Gasteiger partial charge on any atom is -0.388 e. The number of carbonyl (C=O) groups is 1. The summed E-state index contributed by atoms with van der Waals surface area (Å²) in [6, 6.07) is 1.55. The van der Waals surface area contributed by atoms with E-state index in [4.69, 9.17) is 9.26 Å². The van der Waals surface area contributed by atoms with Crippen LogP contribution >= 0.6 is 0 Å². The first-order valence-electron chi connectivity index (χ1n) is 6.56. The van der Waals surface area contributed by atoms with E-state index >= 15 is 0 Å². The molecule has 2 aliphatic heterocycles. The van der Waals surface area contributed by atoms with Crippen LogP contribution in [0.25, 0.3) is 0 Å². The van der Waals surface area contributed by atoms with Crippen LogP contribution in [0.4, 0.5) is 10.2 Å². The van der Waals surface area contributed by atoms with Crippen molar-refractivity contribution in [1.29, 1.82) is 0 Å². The highest BCUT2D eigenvalue weighted by atomic mass is 19.1. The van der Waals surface area contributed by atoms with Crippen LogP contribution in [0.5, 0.6) is 0 Å². The van der Waals surface area contributed by atoms with Gasteiger partial charge >= 0.3 is 0 Å². The van der Waals surface area contributed by atoms with Crippen LogP contribution in [0, 0.1) is 0 Å². The van der Waals surface area contributed by atoms with Crippen molar-refractivity contribution < 1.29 is 23.6 Å². The highest BCUT2D eigenvalue weighted by Gasteiger charge is 2.35. The molecule has 1 amide bonds. The molecular weight excluding hydrogens is 269 g/mol. The predicted octanol–water partition coefficient (Wildman–Crippen LogP) is -0.334. The molecule has 1 aromatic heterocycles. The molecule has 20 heavy (non-hydrogen) atoms. The van der Waals surface area contributed by atoms with Crippen molar-refractivity contribution in [2.24, 2.45) is 0 Å². The standard InChI is InChI=1S/C12H16FN3O4/c13-8-6-16(7-9(8)17)12(18)10-5-11(14-20-10)15-1-3-19-4-2-15/h5,8-9,17H,1-4,6-7H2/t8-,9-/m1/s1. The van der Waals surface area contributed by atoms with Crippen LogP contribution in [0.2, 0.25) is 0 Å². The molecule has 7 nitrogen and oxygen atoms in total. The predicted molar refractivity (Wildman–Crippen MR) is 66.3 cm³/mol. The lowest BCUT2D eigenvalue weighted by molar-refractivity contribution is 0.0723. The SMILES string of the molecule is O=C(c1cc(N2CCOCC2)no1)N1C[C@@H](O)[C@H](F)C1. The molecule has 0 aromatic carbocycles. The lowest BCUT2D eigenvalue weighted by atomic mass is 10.3. The second-order valence-corrected chi connectivity index (χ2v) is 4.94. The largest absolute Gasteiger partial charge is 0.388 e. The molecule has 0 spiro atoms. The van der Waals surface area contributed by atoms with Gasteiger partial charge in [-0.15, -0.1) is 0 Å². The Kier molecular flexibility index (Phi) is 3.58. The van der Waals surface area contributed by atoms with Crippen LogP contribution in [0.15, 0.2) is 10.6 Å². The molecule has 0 aliphatic carbocycles. The zero-order chi connectivity index (χ0) is 14.1. The maximum atomic E-state index is 13.2. The molecule has 8 heteroatoms. The van der Waals surface area contributed by atoms with Gasteiger partial charge in [0.25, 0.3) is 5.91 Å². The van der Waals surface area contributed by atoms with Gasteiger partial charge in [-0.3, -0.25) is 4.79 Å². The topological polar surface area (TPSA) is 79.0 Å². The van der Waals surface area contributed by atoms with Gasteiger partial charge in [-0.05, 0) is 0 Å². The number of carbonyl (C=O) groups excluding carboxylic acids is 1. The Morgan fingerprint density at radius 1 is 1.40 bits per heavy atom. The molecule has 3 heterocycles. The van der Waals surface area contributed by atoms with Gasteiger partial charge in [0.1, 0.15) is 12.3 Å². The Bertz CT molecular complexity index is 479. The molecule has 1 aromatic rings. The monoisotopic (exact) mass is 285 g/mol. The average Bonchev–Trinajstić information content (AvgIpc) is 3.07. The number of hydrogen-bond donors (Lipinski definition) is 1. The summed E-state index contributed by atoms with van der Waals surface area (Å²) >= 11 is 0. The van der Waals surface area contributed by atoms with Crippen LogP contribution in [-0.2, 0) is 4.74 Å². The summed E-state index contributed by atoms with van der Waals surface area (Å²) in [5.41, 5.74) is 0. The van der Waals surface area contributed by atoms with Gasteiger partial charge in [0, 0.05) is 19.2 Å². The first-order valence-corrected chi connectivity index (χ1v) is 6.56. The van der Waals surface area contributed by atoms with Crippen molar-refractivity contribution in [3.05, 3.63) is 11.8 Å². The molecule has 1 N–H and O–H groups in total. The summed E-state index contributed by atoms with van der Waals surface area (Å²) < 4.78 is 23.5. The third-order valence-corrected chi connectivity index (χ3v) is 3.55. The van der Waals surface area contributed by atoms with Crippen molar-refractivity contribution in [2.75, 3.05) is 44.3 Å². The van der Waals surface area contributed by atoms with Gasteiger partial charge < -0.3 is 24.2 Å². The lowest BCUT2D eigenvalue weighted by Gasteiger charge is -2.25. The van der Waals surface area contributed by atoms with Gasteiger partial charge in [0.05, 0.1) is 26.3 Å². The van der Waals surface area contributed by atoms with Crippen molar-refractivity contribution in [3.8, 4) is 0 Å². The molecule has 0 radical (unpaired) electrons. The molecule has 2 aliphatic rings. The van der Waals surface area contributed by atoms with E-state index in [2.05, 4.69) is 5.16 Å². The molecule has 110 valence electrons. The number of β-amino-alcohol motifs (C(OH)–C–C–N with tert-alkyl or cyclic N) is 1. The first kappa shape index (κ1) is 13.3. The summed E-state index contributed by atoms with van der Waals surface area (Å²) in [5, 5.41) is 13.2. The fraction of sp³-hybridized carbons (Fsp3) is 0.667. The van der Waals surface area contributed by atoms with E-state index in [0.717, 1.165) is 0 Å². The van der Waals surface area contributed by atoms with E-state index in [1.165, 1.54) is 4.90 Å². The van der Waals surface area contributed by atoms with Crippen molar-refractivity contribution in [1.82, 2.24) is 10.1 Å². The first-order chi connectivity index (χ1) is 9.65. The number of aromatic nitrogens is 1. The summed E-state index contributed by atoms with van der Waals surface area (Å²) in [6.07, 6.45) is -2.53. The van der Waals surface area contributed by atoms with Gasteiger partial charge in [0.15, 0.2) is 5.82 Å². The number of morpholine rings is 1. The van der Waals surface area contributed by atoms with E-state index < -0.39 is 18.2 Å². The molecule has 3 rings (SSSR count). The quantitative estimate of drug-likeness (QED) is 0.801. The number of halogens is 1. The van der Waals surface area contributed by atoms with E-state index in [-0.39, 0.29) is 18.8 Å². The fourth-order valence-corrected chi connectivity index (χ4v) is 2.38. The van der Waals surface area contributed by atoms with Crippen LogP contribution in [0.3, 0.4) is 0 Å². The maximum absolute atomic E-state index is 13.2. The molecule has 0 unspecified atom stereocenters. The number of alkyl halides is 1. The van der Waals surface area contributed by atoms with Crippen molar-refractivity contribution in [2.45, 2.75) is 12.3 Å². The Hall–Kier alpha value is -1.67. The number of ether oxygens (including phenoxy) is 1. The van der Waals surface area contributed by atoms with Gasteiger partial charge in [-0.25, -0.2) is 4.39 Å². The highest BCUT2D eigenvalue weighted by molar-refractivity contribution is 5.92. The van der Waals surface area contributed by atoms with Crippen LogP contribution in [0.1, 0.15) is 10.6 Å². The van der Waals surface area contributed by atoms with E-state index in [1.54, 1.807) is 6.07 Å². The van der Waals surface area contributed by atoms with Gasteiger partial charge in [-0.2, -0.15) is 0 Å². The van der Waals surface area contributed by atoms with Crippen molar-refractivity contribution >= 4 is 11.7 Å². The zero-order valence-corrected chi connectivity index (χ0v) is 10.9. The average molecular weight is 285 g/mol. The van der Waals surface area contributed by atoms with Crippen LogP contribution < -0.4 is 4.90 Å². The minimum absolute atomic E-state index is 0.0203. The number of aliphatic hydroxyl groups excluding tert-OH is 1. The Morgan fingerprint density at radius 3 is 2.80 bits per heavy atom. The van der Waals surface area contributed by atoms with Gasteiger partial charge in [-0.1, -0.05) is 5.16 Å². The van der Waals surface area contributed by atoms with E-state index in [0.29, 0.717) is 32.1 Å². The minimum atomic E-state index is -1.40. The molecule has 2 saturated heterocycles. The Labute approximate surface area is 114 Å². The third-order valence-electron chi connectivity index (χ3n) is 3.55. The summed E-state index contributed by atoms with van der Waals surface area (Å²) in [7, 11) is 0. The number of likely N-dealkylation sites (tertiary alicyclic amines) is 1. The molecule has 2 atom stereocenters. The number of aliphatic hydroxyl groups is 1. The summed E-state index contributed by atoms with van der Waals surface area (Å²) in [4.78, 5) is 15.3. The number of amides is 1. The number of rotatable bonds is 2. The number of anilines is 1. The second-order valence-electron chi connectivity index (χ2n) is 4.94. The third kappa shape index (κ3) is 2.48.